The second-order valence-corrected chi connectivity index (χ2v) is 8.66. The molecule has 0 unspecified atom stereocenters. The van der Waals surface area contributed by atoms with Crippen LogP contribution in [-0.4, -0.2) is 52.8 Å². The highest BCUT2D eigenvalue weighted by atomic mass is 19.1. The van der Waals surface area contributed by atoms with E-state index in [1.54, 1.807) is 10.6 Å². The third-order valence-corrected chi connectivity index (χ3v) is 5.41. The van der Waals surface area contributed by atoms with Crippen molar-refractivity contribution in [2.24, 2.45) is 0 Å². The summed E-state index contributed by atoms with van der Waals surface area (Å²) in [7, 11) is 0. The number of carboxylic acids is 1. The van der Waals surface area contributed by atoms with Crippen LogP contribution in [0.1, 0.15) is 45.0 Å². The van der Waals surface area contributed by atoms with Crippen LogP contribution in [0.4, 0.5) is 10.1 Å². The Morgan fingerprint density at radius 3 is 2.25 bits per heavy atom. The van der Waals surface area contributed by atoms with Crippen LogP contribution in [0.25, 0.3) is 10.9 Å². The maximum Gasteiger partial charge on any atom is 0.341 e. The van der Waals surface area contributed by atoms with Crippen LogP contribution in [0.2, 0.25) is 0 Å². The lowest BCUT2D eigenvalue weighted by Gasteiger charge is -2.38. The van der Waals surface area contributed by atoms with E-state index in [0.29, 0.717) is 30.3 Å². The van der Waals surface area contributed by atoms with E-state index in [4.69, 9.17) is 0 Å². The smallest absolute Gasteiger partial charge is 0.341 e. The summed E-state index contributed by atoms with van der Waals surface area (Å²) in [6, 6.07) is 3.33. The molecule has 0 amide bonds. The Balaban J connectivity index is 2.16. The zero-order chi connectivity index (χ0) is 20.8. The molecule has 0 spiro atoms. The molecule has 1 saturated heterocycles. The van der Waals surface area contributed by atoms with Gasteiger partial charge in [-0.25, -0.2) is 9.18 Å². The second-order valence-electron chi connectivity index (χ2n) is 8.66. The molecule has 0 bridgehead atoms. The summed E-state index contributed by atoms with van der Waals surface area (Å²) in [5.74, 6) is -1.80. The van der Waals surface area contributed by atoms with E-state index in [9.17, 15) is 19.1 Å². The van der Waals surface area contributed by atoms with Gasteiger partial charge >= 0.3 is 5.97 Å². The number of aromatic nitrogens is 1. The van der Waals surface area contributed by atoms with Crippen molar-refractivity contribution in [3.63, 3.8) is 0 Å². The highest BCUT2D eigenvalue weighted by molar-refractivity contribution is 5.93. The van der Waals surface area contributed by atoms with E-state index in [2.05, 4.69) is 18.7 Å². The highest BCUT2D eigenvalue weighted by Gasteiger charge is 2.25. The average Bonchev–Trinajstić information content (AvgIpc) is 2.60. The van der Waals surface area contributed by atoms with Gasteiger partial charge in [0.05, 0.1) is 11.2 Å². The Kier molecular flexibility index (Phi) is 5.23. The van der Waals surface area contributed by atoms with Crippen molar-refractivity contribution >= 4 is 22.6 Å². The van der Waals surface area contributed by atoms with Gasteiger partial charge in [0.2, 0.25) is 5.43 Å². The Hall–Kier alpha value is -2.41. The van der Waals surface area contributed by atoms with Gasteiger partial charge in [-0.3, -0.25) is 9.69 Å². The van der Waals surface area contributed by atoms with Crippen LogP contribution < -0.4 is 10.3 Å². The topological polar surface area (TPSA) is 65.8 Å². The van der Waals surface area contributed by atoms with Crippen LogP contribution in [-0.2, 0) is 5.54 Å². The minimum Gasteiger partial charge on any atom is -0.477 e. The molecular formula is C21H28FN3O3. The van der Waals surface area contributed by atoms with Gasteiger partial charge in [0, 0.05) is 49.3 Å². The molecule has 1 fully saturated rings. The molecule has 2 aromatic rings. The molecule has 28 heavy (non-hydrogen) atoms. The van der Waals surface area contributed by atoms with Crippen molar-refractivity contribution in [2.75, 3.05) is 31.1 Å². The van der Waals surface area contributed by atoms with E-state index in [1.807, 2.05) is 25.7 Å². The minimum absolute atomic E-state index is 0.0943. The average molecular weight is 389 g/mol. The van der Waals surface area contributed by atoms with Crippen LogP contribution in [0.3, 0.4) is 0 Å². The number of hydrogen-bond acceptors (Lipinski definition) is 4. The van der Waals surface area contributed by atoms with Gasteiger partial charge in [0.25, 0.3) is 0 Å². The van der Waals surface area contributed by atoms with Gasteiger partial charge in [-0.2, -0.15) is 0 Å². The zero-order valence-electron chi connectivity index (χ0n) is 17.1. The van der Waals surface area contributed by atoms with Crippen molar-refractivity contribution in [1.29, 1.82) is 0 Å². The van der Waals surface area contributed by atoms with Gasteiger partial charge in [-0.15, -0.1) is 0 Å². The lowest BCUT2D eigenvalue weighted by Crippen LogP contribution is -2.49. The van der Waals surface area contributed by atoms with Crippen LogP contribution in [0, 0.1) is 5.82 Å². The molecule has 1 aromatic heterocycles. The number of carbonyl (C=O) groups is 1. The van der Waals surface area contributed by atoms with Crippen molar-refractivity contribution in [3.05, 3.63) is 39.9 Å². The van der Waals surface area contributed by atoms with E-state index in [-0.39, 0.29) is 10.9 Å². The molecule has 7 heteroatoms. The summed E-state index contributed by atoms with van der Waals surface area (Å²) in [6.45, 7) is 13.2. The van der Waals surface area contributed by atoms with Crippen molar-refractivity contribution in [2.45, 2.75) is 46.2 Å². The lowest BCUT2D eigenvalue weighted by molar-refractivity contribution is 0.0694. The number of anilines is 1. The van der Waals surface area contributed by atoms with Gasteiger partial charge in [0.15, 0.2) is 0 Å². The molecule has 2 heterocycles. The Labute approximate surface area is 164 Å². The number of fused-ring (bicyclic) bond motifs is 1. The number of pyridine rings is 1. The fourth-order valence-electron chi connectivity index (χ4n) is 3.76. The summed E-state index contributed by atoms with van der Waals surface area (Å²) in [5, 5.41) is 9.49. The molecule has 0 atom stereocenters. The fraction of sp³-hybridized carbons (Fsp3) is 0.524. The molecule has 1 aliphatic rings. The SMILES string of the molecule is CC(C)N1CCN(c2cc3c(cc2F)c(=O)c(C(=O)O)cn3C(C)(C)C)CC1. The number of aromatic carboxylic acids is 1. The predicted octanol–water partition coefficient (Wildman–Crippen LogP) is 3.12. The van der Waals surface area contributed by atoms with Gasteiger partial charge in [-0.1, -0.05) is 0 Å². The number of hydrogen-bond donors (Lipinski definition) is 1. The number of nitrogens with zero attached hydrogens (tertiary/aromatic N) is 3. The second kappa shape index (κ2) is 7.20. The molecule has 1 aliphatic heterocycles. The van der Waals surface area contributed by atoms with Crippen LogP contribution >= 0.6 is 0 Å². The molecule has 0 saturated carbocycles. The molecule has 0 radical (unpaired) electrons. The predicted molar refractivity (Wildman–Crippen MR) is 109 cm³/mol. The first kappa shape index (κ1) is 20.3. The third kappa shape index (κ3) is 3.63. The minimum atomic E-state index is -1.31. The highest BCUT2D eigenvalue weighted by Crippen LogP contribution is 2.29. The molecule has 0 aliphatic carbocycles. The van der Waals surface area contributed by atoms with E-state index in [0.717, 1.165) is 13.1 Å². The Bertz CT molecular complexity index is 967. The number of rotatable bonds is 3. The quantitative estimate of drug-likeness (QED) is 0.874. The number of piperazine rings is 1. The first-order chi connectivity index (χ1) is 13.0. The van der Waals surface area contributed by atoms with Crippen molar-refractivity contribution < 1.29 is 14.3 Å². The Morgan fingerprint density at radius 2 is 1.75 bits per heavy atom. The maximum atomic E-state index is 15.0. The van der Waals surface area contributed by atoms with Gasteiger partial charge in [0.1, 0.15) is 11.4 Å². The van der Waals surface area contributed by atoms with Crippen LogP contribution in [0.5, 0.6) is 0 Å². The molecule has 1 N–H and O–H groups in total. The summed E-state index contributed by atoms with van der Waals surface area (Å²) in [4.78, 5) is 28.5. The monoisotopic (exact) mass is 389 g/mol. The largest absolute Gasteiger partial charge is 0.477 e. The molecule has 1 aromatic carbocycles. The number of carboxylic acid groups (broad SMARTS) is 1. The van der Waals surface area contributed by atoms with Gasteiger partial charge in [-0.05, 0) is 46.8 Å². The summed E-state index contributed by atoms with van der Waals surface area (Å²) in [5.41, 5.74) is -0.471. The first-order valence-electron chi connectivity index (χ1n) is 9.62. The fourth-order valence-corrected chi connectivity index (χ4v) is 3.76. The molecule has 3 rings (SSSR count). The first-order valence-corrected chi connectivity index (χ1v) is 9.62. The van der Waals surface area contributed by atoms with E-state index < -0.39 is 22.8 Å². The van der Waals surface area contributed by atoms with Crippen LogP contribution in [0.15, 0.2) is 23.1 Å². The zero-order valence-corrected chi connectivity index (χ0v) is 17.1. The van der Waals surface area contributed by atoms with Crippen molar-refractivity contribution in [1.82, 2.24) is 9.47 Å². The number of halogens is 1. The Morgan fingerprint density at radius 1 is 1.14 bits per heavy atom. The maximum absolute atomic E-state index is 15.0. The van der Waals surface area contributed by atoms with Gasteiger partial charge < -0.3 is 14.6 Å². The van der Waals surface area contributed by atoms with Crippen molar-refractivity contribution in [3.8, 4) is 0 Å². The summed E-state index contributed by atoms with van der Waals surface area (Å²) in [6.07, 6.45) is 1.37. The summed E-state index contributed by atoms with van der Waals surface area (Å²) >= 11 is 0. The molecule has 152 valence electrons. The lowest BCUT2D eigenvalue weighted by atomic mass is 10.0. The molecule has 6 nitrogen and oxygen atoms in total. The summed E-state index contributed by atoms with van der Waals surface area (Å²) < 4.78 is 16.7. The van der Waals surface area contributed by atoms with E-state index >= 15 is 0 Å². The molecular weight excluding hydrogens is 361 g/mol. The third-order valence-electron chi connectivity index (χ3n) is 5.41. The van der Waals surface area contributed by atoms with E-state index in [1.165, 1.54) is 12.3 Å². The standard InChI is InChI=1S/C21H28FN3O3/c1-13(2)23-6-8-24(9-7-23)18-11-17-14(10-16(18)22)19(26)15(20(27)28)12-25(17)21(3,4)5/h10-13H,6-9H2,1-5H3,(H,27,28). The number of benzene rings is 1. The normalized spacial score (nSPS) is 16.2.